The number of methoxy groups -OCH3 is 1. The minimum atomic E-state index is 0.0749. The molecule has 0 radical (unpaired) electrons. The Hall–Kier alpha value is -1.03. The zero-order valence-corrected chi connectivity index (χ0v) is 11.4. The summed E-state index contributed by atoms with van der Waals surface area (Å²) < 4.78 is 6.09. The van der Waals surface area contributed by atoms with E-state index in [-0.39, 0.29) is 5.91 Å². The van der Waals surface area contributed by atoms with Crippen molar-refractivity contribution in [2.75, 3.05) is 13.7 Å². The Balaban J connectivity index is 1.93. The molecule has 0 aromatic heterocycles. The van der Waals surface area contributed by atoms with Crippen LogP contribution in [0.2, 0.25) is 0 Å². The maximum absolute atomic E-state index is 11.7. The van der Waals surface area contributed by atoms with Crippen LogP contribution in [0.3, 0.4) is 0 Å². The fourth-order valence-corrected chi connectivity index (χ4v) is 2.02. The van der Waals surface area contributed by atoms with Gasteiger partial charge in [0.25, 0.3) is 0 Å². The first-order valence-electron chi connectivity index (χ1n) is 5.78. The second kappa shape index (κ2) is 5.54. The quantitative estimate of drug-likeness (QED) is 0.907. The zero-order valence-electron chi connectivity index (χ0n) is 9.83. The molecule has 1 amide bonds. The number of hydrogen-bond acceptors (Lipinski definition) is 2. The Kier molecular flexibility index (Phi) is 4.05. The molecule has 0 spiro atoms. The third-order valence-electron chi connectivity index (χ3n) is 2.89. The summed E-state index contributed by atoms with van der Waals surface area (Å²) in [5.74, 6) is 1.57. The Bertz CT molecular complexity index is 416. The molecule has 1 aliphatic carbocycles. The molecule has 0 bridgehead atoms. The summed E-state index contributed by atoms with van der Waals surface area (Å²) in [6, 6.07) is 5.67. The van der Waals surface area contributed by atoms with E-state index in [0.29, 0.717) is 12.3 Å². The zero-order chi connectivity index (χ0) is 12.3. The average Bonchev–Trinajstić information content (AvgIpc) is 3.13. The monoisotopic (exact) mass is 297 g/mol. The molecule has 17 heavy (non-hydrogen) atoms. The highest BCUT2D eigenvalue weighted by atomic mass is 79.9. The normalized spacial score (nSPS) is 14.5. The molecule has 1 aliphatic rings. The number of benzene rings is 1. The fraction of sp³-hybridized carbons (Fsp3) is 0.462. The molecule has 92 valence electrons. The Morgan fingerprint density at radius 1 is 1.53 bits per heavy atom. The van der Waals surface area contributed by atoms with E-state index >= 15 is 0 Å². The lowest BCUT2D eigenvalue weighted by Gasteiger charge is -2.08. The van der Waals surface area contributed by atoms with Crippen LogP contribution in [-0.4, -0.2) is 19.6 Å². The first-order chi connectivity index (χ1) is 8.19. The molecule has 0 heterocycles. The van der Waals surface area contributed by atoms with Crippen molar-refractivity contribution in [1.82, 2.24) is 5.32 Å². The van der Waals surface area contributed by atoms with E-state index in [1.807, 2.05) is 18.2 Å². The SMILES string of the molecule is COc1ccc(Br)c(CC(=O)NCC2CC2)c1. The van der Waals surface area contributed by atoms with Crippen molar-refractivity contribution < 1.29 is 9.53 Å². The predicted molar refractivity (Wildman–Crippen MR) is 70.1 cm³/mol. The van der Waals surface area contributed by atoms with Crippen LogP contribution in [0, 0.1) is 5.92 Å². The van der Waals surface area contributed by atoms with Gasteiger partial charge in [-0.2, -0.15) is 0 Å². The molecule has 2 rings (SSSR count). The molecule has 1 N–H and O–H groups in total. The van der Waals surface area contributed by atoms with E-state index in [1.54, 1.807) is 7.11 Å². The van der Waals surface area contributed by atoms with E-state index in [2.05, 4.69) is 21.2 Å². The Morgan fingerprint density at radius 2 is 2.29 bits per heavy atom. The lowest BCUT2D eigenvalue weighted by atomic mass is 10.1. The molecular formula is C13H16BrNO2. The minimum Gasteiger partial charge on any atom is -0.497 e. The standard InChI is InChI=1S/C13H16BrNO2/c1-17-11-4-5-12(14)10(6-11)7-13(16)15-8-9-2-3-9/h4-6,9H,2-3,7-8H2,1H3,(H,15,16). The average molecular weight is 298 g/mol. The van der Waals surface area contributed by atoms with Crippen molar-refractivity contribution in [3.63, 3.8) is 0 Å². The van der Waals surface area contributed by atoms with Crippen molar-refractivity contribution in [1.29, 1.82) is 0 Å². The van der Waals surface area contributed by atoms with E-state index in [4.69, 9.17) is 4.74 Å². The summed E-state index contributed by atoms with van der Waals surface area (Å²) in [5.41, 5.74) is 0.956. The number of ether oxygens (including phenoxy) is 1. The number of hydrogen-bond donors (Lipinski definition) is 1. The van der Waals surface area contributed by atoms with Gasteiger partial charge in [-0.15, -0.1) is 0 Å². The van der Waals surface area contributed by atoms with Gasteiger partial charge in [-0.3, -0.25) is 4.79 Å². The van der Waals surface area contributed by atoms with Gasteiger partial charge in [0.1, 0.15) is 5.75 Å². The van der Waals surface area contributed by atoms with Crippen molar-refractivity contribution >= 4 is 21.8 Å². The third kappa shape index (κ3) is 3.73. The van der Waals surface area contributed by atoms with Crippen LogP contribution in [0.25, 0.3) is 0 Å². The molecule has 4 heteroatoms. The summed E-state index contributed by atoms with van der Waals surface area (Å²) in [4.78, 5) is 11.7. The summed E-state index contributed by atoms with van der Waals surface area (Å²) in [7, 11) is 1.63. The van der Waals surface area contributed by atoms with Gasteiger partial charge < -0.3 is 10.1 Å². The van der Waals surface area contributed by atoms with E-state index in [9.17, 15) is 4.79 Å². The van der Waals surface area contributed by atoms with E-state index in [1.165, 1.54) is 12.8 Å². The molecule has 0 unspecified atom stereocenters. The fourth-order valence-electron chi connectivity index (χ4n) is 1.63. The van der Waals surface area contributed by atoms with Crippen LogP contribution in [0.1, 0.15) is 18.4 Å². The number of carbonyl (C=O) groups excluding carboxylic acids is 1. The Labute approximate surface area is 110 Å². The lowest BCUT2D eigenvalue weighted by Crippen LogP contribution is -2.27. The lowest BCUT2D eigenvalue weighted by molar-refractivity contribution is -0.120. The Morgan fingerprint density at radius 3 is 2.94 bits per heavy atom. The summed E-state index contributed by atoms with van der Waals surface area (Å²) in [5, 5.41) is 2.96. The second-order valence-electron chi connectivity index (χ2n) is 4.38. The molecule has 1 aromatic carbocycles. The summed E-state index contributed by atoms with van der Waals surface area (Å²) in [6.45, 7) is 0.820. The molecule has 1 saturated carbocycles. The number of carbonyl (C=O) groups is 1. The van der Waals surface area contributed by atoms with E-state index in [0.717, 1.165) is 22.3 Å². The van der Waals surface area contributed by atoms with Gasteiger partial charge in [0.05, 0.1) is 13.5 Å². The van der Waals surface area contributed by atoms with E-state index < -0.39 is 0 Å². The molecule has 1 aromatic rings. The number of rotatable bonds is 5. The number of amides is 1. The van der Waals surface area contributed by atoms with Crippen LogP contribution in [-0.2, 0) is 11.2 Å². The summed E-state index contributed by atoms with van der Waals surface area (Å²) >= 11 is 3.44. The van der Waals surface area contributed by atoms with Gasteiger partial charge in [0, 0.05) is 11.0 Å². The molecule has 3 nitrogen and oxygen atoms in total. The van der Waals surface area contributed by atoms with Gasteiger partial charge >= 0.3 is 0 Å². The van der Waals surface area contributed by atoms with Gasteiger partial charge in [-0.25, -0.2) is 0 Å². The third-order valence-corrected chi connectivity index (χ3v) is 3.66. The van der Waals surface area contributed by atoms with Crippen molar-refractivity contribution in [3.05, 3.63) is 28.2 Å². The van der Waals surface area contributed by atoms with Crippen molar-refractivity contribution in [3.8, 4) is 5.75 Å². The van der Waals surface area contributed by atoms with Crippen molar-refractivity contribution in [2.24, 2.45) is 5.92 Å². The van der Waals surface area contributed by atoms with Gasteiger partial charge in [-0.1, -0.05) is 15.9 Å². The first kappa shape index (κ1) is 12.4. The topological polar surface area (TPSA) is 38.3 Å². The van der Waals surface area contributed by atoms with Crippen LogP contribution >= 0.6 is 15.9 Å². The van der Waals surface area contributed by atoms with Crippen LogP contribution in [0.4, 0.5) is 0 Å². The van der Waals surface area contributed by atoms with Crippen LogP contribution in [0.5, 0.6) is 5.75 Å². The first-order valence-corrected chi connectivity index (χ1v) is 6.57. The number of halogens is 1. The van der Waals surface area contributed by atoms with Crippen LogP contribution in [0.15, 0.2) is 22.7 Å². The predicted octanol–water partition coefficient (Wildman–Crippen LogP) is 2.53. The molecule has 0 atom stereocenters. The molecule has 1 fully saturated rings. The highest BCUT2D eigenvalue weighted by Crippen LogP contribution is 2.27. The summed E-state index contributed by atoms with van der Waals surface area (Å²) in [6.07, 6.45) is 2.90. The second-order valence-corrected chi connectivity index (χ2v) is 5.24. The molecule has 0 saturated heterocycles. The van der Waals surface area contributed by atoms with Crippen molar-refractivity contribution in [2.45, 2.75) is 19.3 Å². The maximum Gasteiger partial charge on any atom is 0.224 e. The minimum absolute atomic E-state index is 0.0749. The van der Waals surface area contributed by atoms with Gasteiger partial charge in [-0.05, 0) is 42.5 Å². The number of nitrogens with one attached hydrogen (secondary N) is 1. The maximum atomic E-state index is 11.7. The van der Waals surface area contributed by atoms with Crippen LogP contribution < -0.4 is 10.1 Å². The largest absolute Gasteiger partial charge is 0.497 e. The molecule has 0 aliphatic heterocycles. The highest BCUT2D eigenvalue weighted by molar-refractivity contribution is 9.10. The smallest absolute Gasteiger partial charge is 0.224 e. The van der Waals surface area contributed by atoms with Gasteiger partial charge in [0.15, 0.2) is 0 Å². The highest BCUT2D eigenvalue weighted by Gasteiger charge is 2.21. The van der Waals surface area contributed by atoms with Gasteiger partial charge in [0.2, 0.25) is 5.91 Å². The molecular weight excluding hydrogens is 282 g/mol.